The summed E-state index contributed by atoms with van der Waals surface area (Å²) in [6.45, 7) is 0. The zero-order chi connectivity index (χ0) is 62.7. The number of hydrogen-bond donors (Lipinski definition) is 0. The Morgan fingerprint density at radius 3 is 1.09 bits per heavy atom. The third-order valence-corrected chi connectivity index (χ3v) is 19.4. The summed E-state index contributed by atoms with van der Waals surface area (Å²) in [5.41, 5.74) is 14.9. The molecule has 456 valence electrons. The SMILES string of the molecule is [Pt+2].[c-]1c(Oc2[c-]c3c(cc2)c2cc4c5ccccc5n(-c5ccccc5)c4cc2n2ccnc32)ccc2c1c1nccn1c1ccccc21.c1ccc(-n2c3ccccc3c3cc4c5ccc(Oc6ccc7c8ccccc8n8ccnc8c7c6)cc5c5nccn5c4cc32)cc1. The molecule has 10 heterocycles. The molecule has 12 nitrogen and oxygen atoms in total. The van der Waals surface area contributed by atoms with Gasteiger partial charge < -0.3 is 27.4 Å². The first-order valence-electron chi connectivity index (χ1n) is 32.0. The minimum absolute atomic E-state index is 0. The molecule has 0 atom stereocenters. The molecule has 0 spiro atoms. The fourth-order valence-electron chi connectivity index (χ4n) is 15.3. The Morgan fingerprint density at radius 1 is 0.247 bits per heavy atom. The molecule has 12 aromatic carbocycles. The van der Waals surface area contributed by atoms with E-state index in [9.17, 15) is 0 Å². The molecule has 13 heteroatoms. The Balaban J connectivity index is 0.000000131. The number of pyridine rings is 4. The molecular weight excluding hydrogens is 1380 g/mol. The van der Waals surface area contributed by atoms with Gasteiger partial charge in [-0.2, -0.15) is 0 Å². The van der Waals surface area contributed by atoms with Crippen LogP contribution in [0.2, 0.25) is 0 Å². The van der Waals surface area contributed by atoms with E-state index in [1.54, 1.807) is 0 Å². The van der Waals surface area contributed by atoms with Crippen LogP contribution in [0, 0.1) is 12.1 Å². The number of nitrogens with zero attached hydrogens (tertiary/aromatic N) is 10. The summed E-state index contributed by atoms with van der Waals surface area (Å²) < 4.78 is 26.3. The van der Waals surface area contributed by atoms with E-state index < -0.39 is 0 Å². The molecule has 97 heavy (non-hydrogen) atoms. The van der Waals surface area contributed by atoms with E-state index in [1.807, 2.05) is 61.6 Å². The normalized spacial score (nSPS) is 12.0. The van der Waals surface area contributed by atoms with Crippen molar-refractivity contribution in [3.8, 4) is 34.4 Å². The predicted molar refractivity (Wildman–Crippen MR) is 387 cm³/mol. The number of benzene rings is 12. The van der Waals surface area contributed by atoms with E-state index in [0.29, 0.717) is 11.5 Å². The molecule has 0 N–H and O–H groups in total. The van der Waals surface area contributed by atoms with Gasteiger partial charge in [0.05, 0.1) is 44.4 Å². The summed E-state index contributed by atoms with van der Waals surface area (Å²) in [5.74, 6) is 2.73. The summed E-state index contributed by atoms with van der Waals surface area (Å²) in [7, 11) is 0. The minimum atomic E-state index is 0. The summed E-state index contributed by atoms with van der Waals surface area (Å²) in [6.07, 6.45) is 15.5. The third kappa shape index (κ3) is 8.20. The van der Waals surface area contributed by atoms with Gasteiger partial charge in [-0.05, 0) is 125 Å². The first kappa shape index (κ1) is 54.9. The van der Waals surface area contributed by atoms with Gasteiger partial charge in [-0.15, -0.1) is 12.1 Å². The monoisotopic (exact) mass is 1420 g/mol. The smallest absolute Gasteiger partial charge is 0.497 e. The Morgan fingerprint density at radius 2 is 0.598 bits per heavy atom. The van der Waals surface area contributed by atoms with Crippen LogP contribution in [0.15, 0.2) is 292 Å². The van der Waals surface area contributed by atoms with Crippen molar-refractivity contribution < 1.29 is 30.5 Å². The van der Waals surface area contributed by atoms with Gasteiger partial charge in [-0.3, -0.25) is 18.8 Å². The second-order valence-electron chi connectivity index (χ2n) is 24.5. The fraction of sp³-hybridized carbons (Fsp3) is 0. The largest absolute Gasteiger partial charge is 2.00 e. The second-order valence-corrected chi connectivity index (χ2v) is 24.5. The summed E-state index contributed by atoms with van der Waals surface area (Å²) in [5, 5.41) is 17.9. The van der Waals surface area contributed by atoms with Gasteiger partial charge in [-0.25, -0.2) is 9.97 Å². The minimum Gasteiger partial charge on any atom is -0.497 e. The number of hydrogen-bond acceptors (Lipinski definition) is 6. The molecule has 0 fully saturated rings. The zero-order valence-electron chi connectivity index (χ0n) is 51.3. The van der Waals surface area contributed by atoms with Crippen LogP contribution in [0.1, 0.15) is 0 Å². The van der Waals surface area contributed by atoms with Gasteiger partial charge in [0.15, 0.2) is 0 Å². The summed E-state index contributed by atoms with van der Waals surface area (Å²) in [6, 6.07) is 92.4. The second kappa shape index (κ2) is 21.2. The fourth-order valence-corrected chi connectivity index (χ4v) is 15.3. The maximum Gasteiger partial charge on any atom is 2.00 e. The molecule has 0 aliphatic rings. The average molecular weight is 1420 g/mol. The molecule has 0 radical (unpaired) electrons. The van der Waals surface area contributed by atoms with Gasteiger partial charge in [0, 0.05) is 127 Å². The van der Waals surface area contributed by atoms with Crippen molar-refractivity contribution in [3.05, 3.63) is 304 Å². The van der Waals surface area contributed by atoms with Crippen LogP contribution in [-0.4, -0.2) is 46.7 Å². The van der Waals surface area contributed by atoms with Crippen molar-refractivity contribution in [2.75, 3.05) is 0 Å². The van der Waals surface area contributed by atoms with Crippen molar-refractivity contribution in [2.45, 2.75) is 0 Å². The Kier molecular flexibility index (Phi) is 12.0. The summed E-state index contributed by atoms with van der Waals surface area (Å²) >= 11 is 0. The zero-order valence-corrected chi connectivity index (χ0v) is 53.6. The first-order chi connectivity index (χ1) is 47.6. The number of rotatable bonds is 6. The van der Waals surface area contributed by atoms with E-state index in [4.69, 9.17) is 24.4 Å². The number of para-hydroxylation sites is 6. The maximum absolute atomic E-state index is 6.57. The molecular formula is C84H48N10O2Pt. The predicted octanol–water partition coefficient (Wildman–Crippen LogP) is 20.6. The van der Waals surface area contributed by atoms with Crippen LogP contribution in [-0.2, 0) is 21.1 Å². The molecule has 10 aromatic heterocycles. The third-order valence-electron chi connectivity index (χ3n) is 19.4. The van der Waals surface area contributed by atoms with Crippen LogP contribution in [0.3, 0.4) is 0 Å². The van der Waals surface area contributed by atoms with E-state index in [-0.39, 0.29) is 21.1 Å². The van der Waals surface area contributed by atoms with Crippen LogP contribution in [0.25, 0.3) is 164 Å². The van der Waals surface area contributed by atoms with E-state index in [0.717, 1.165) is 127 Å². The quantitative estimate of drug-likeness (QED) is 0.122. The van der Waals surface area contributed by atoms with Gasteiger partial charge in [-0.1, -0.05) is 161 Å². The molecule has 22 aromatic rings. The van der Waals surface area contributed by atoms with Crippen LogP contribution in [0.5, 0.6) is 23.0 Å². The number of aromatic nitrogens is 10. The maximum atomic E-state index is 6.57. The van der Waals surface area contributed by atoms with Crippen LogP contribution >= 0.6 is 0 Å². The van der Waals surface area contributed by atoms with E-state index in [2.05, 4.69) is 275 Å². The first-order valence-corrected chi connectivity index (χ1v) is 32.0. The van der Waals surface area contributed by atoms with Crippen molar-refractivity contribution in [2.24, 2.45) is 0 Å². The molecule has 0 saturated heterocycles. The van der Waals surface area contributed by atoms with Gasteiger partial charge in [0.2, 0.25) is 0 Å². The van der Waals surface area contributed by atoms with Gasteiger partial charge >= 0.3 is 21.1 Å². The van der Waals surface area contributed by atoms with Crippen LogP contribution < -0.4 is 9.47 Å². The van der Waals surface area contributed by atoms with Crippen LogP contribution in [0.4, 0.5) is 0 Å². The van der Waals surface area contributed by atoms with Gasteiger partial charge in [0.25, 0.3) is 0 Å². The molecule has 0 aliphatic carbocycles. The summed E-state index contributed by atoms with van der Waals surface area (Å²) in [4.78, 5) is 19.0. The Bertz CT molecular complexity index is 6620. The molecule has 0 unspecified atom stereocenters. The molecule has 0 aliphatic heterocycles. The molecule has 0 bridgehead atoms. The Hall–Kier alpha value is -12.6. The van der Waals surface area contributed by atoms with Crippen molar-refractivity contribution >= 4 is 153 Å². The van der Waals surface area contributed by atoms with Crippen molar-refractivity contribution in [3.63, 3.8) is 0 Å². The number of ether oxygens (including phenoxy) is 2. The van der Waals surface area contributed by atoms with Crippen molar-refractivity contribution in [1.82, 2.24) is 46.7 Å². The van der Waals surface area contributed by atoms with Gasteiger partial charge in [0.1, 0.15) is 22.8 Å². The Labute approximate surface area is 565 Å². The molecule has 22 rings (SSSR count). The topological polar surface area (TPSA) is 97.5 Å². The standard InChI is InChI=1S/C42H25N5O.C42H23N5O.Pt/c2*1-2-8-26(9-3-1)47-38-13-7-5-11-32(38)34-24-33-30-17-15-28(23-36(30)42-44-19-21-46(42)39(33)25-40(34)47)48-27-14-16-29-31-10-4-6-12-37(31)45-20-18-43-41(45)35(29)22-27;/h1-25H;1-21,24-25H;/q;-2;+2. The number of imidazole rings is 4. The average Bonchev–Trinajstić information content (AvgIpc) is 1.63. The molecule has 0 saturated carbocycles. The van der Waals surface area contributed by atoms with E-state index >= 15 is 0 Å². The van der Waals surface area contributed by atoms with Crippen molar-refractivity contribution in [1.29, 1.82) is 0 Å². The number of fused-ring (bicyclic) bond motifs is 30. The van der Waals surface area contributed by atoms with E-state index in [1.165, 1.54) is 48.9 Å². The molecule has 0 amide bonds.